The van der Waals surface area contributed by atoms with Gasteiger partial charge in [0.05, 0.1) is 29.8 Å². The van der Waals surface area contributed by atoms with E-state index in [0.29, 0.717) is 11.5 Å². The highest BCUT2D eigenvalue weighted by molar-refractivity contribution is 5.96. The lowest BCUT2D eigenvalue weighted by atomic mass is 10.1. The van der Waals surface area contributed by atoms with Gasteiger partial charge in [-0.15, -0.1) is 0 Å². The molecule has 0 aliphatic rings. The molecule has 2 aromatic heterocycles. The van der Waals surface area contributed by atoms with Crippen molar-refractivity contribution in [1.29, 1.82) is 0 Å². The fourth-order valence-electron chi connectivity index (χ4n) is 3.38. The smallest absolute Gasteiger partial charge is 0.354 e. The number of esters is 1. The molecule has 0 fully saturated rings. The van der Waals surface area contributed by atoms with Gasteiger partial charge in [-0.2, -0.15) is 0 Å². The fourth-order valence-corrected chi connectivity index (χ4v) is 3.38. The molecule has 0 bridgehead atoms. The molecule has 170 valence electrons. The van der Waals surface area contributed by atoms with Crippen molar-refractivity contribution in [3.8, 4) is 0 Å². The second-order valence-corrected chi connectivity index (χ2v) is 7.07. The number of pyridine rings is 1. The number of ether oxygens (including phenoxy) is 1. The summed E-state index contributed by atoms with van der Waals surface area (Å²) in [6.07, 6.45) is 2.83. The lowest BCUT2D eigenvalue weighted by Gasteiger charge is -2.23. The van der Waals surface area contributed by atoms with Crippen molar-refractivity contribution in [3.63, 3.8) is 0 Å². The molecule has 4 aromatic rings. The van der Waals surface area contributed by atoms with Crippen LogP contribution in [0.3, 0.4) is 0 Å². The van der Waals surface area contributed by atoms with Gasteiger partial charge in [-0.05, 0) is 29.8 Å². The monoisotopic (exact) mass is 456 g/mol. The summed E-state index contributed by atoms with van der Waals surface area (Å²) in [7, 11) is 1.26. The zero-order valence-corrected chi connectivity index (χ0v) is 18.2. The lowest BCUT2D eigenvalue weighted by Crippen LogP contribution is -2.21. The van der Waals surface area contributed by atoms with Gasteiger partial charge in [0, 0.05) is 6.20 Å². The topological polar surface area (TPSA) is 123 Å². The van der Waals surface area contributed by atoms with Crippen LogP contribution in [-0.2, 0) is 11.3 Å². The Labute approximate surface area is 195 Å². The van der Waals surface area contributed by atoms with Crippen molar-refractivity contribution >= 4 is 34.8 Å². The van der Waals surface area contributed by atoms with E-state index < -0.39 is 10.9 Å². The van der Waals surface area contributed by atoms with E-state index in [2.05, 4.69) is 20.3 Å². The Balaban J connectivity index is 1.82. The van der Waals surface area contributed by atoms with Crippen molar-refractivity contribution in [2.45, 2.75) is 6.54 Å². The SMILES string of the molecule is COC(=O)c1ccccc1Nc1ncnc(N(Cc2ccccc2)c2ccccn2)c1[N+](=O)[O-]. The van der Waals surface area contributed by atoms with E-state index in [1.54, 1.807) is 53.6 Å². The molecule has 2 aromatic carbocycles. The molecule has 0 unspecified atom stereocenters. The van der Waals surface area contributed by atoms with Crippen LogP contribution >= 0.6 is 0 Å². The number of carbonyl (C=O) groups is 1. The Kier molecular flexibility index (Phi) is 6.68. The zero-order chi connectivity index (χ0) is 23.9. The first kappa shape index (κ1) is 22.3. The molecular weight excluding hydrogens is 436 g/mol. The molecule has 0 saturated carbocycles. The molecule has 10 heteroatoms. The molecule has 10 nitrogen and oxygen atoms in total. The summed E-state index contributed by atoms with van der Waals surface area (Å²) in [4.78, 5) is 38.2. The van der Waals surface area contributed by atoms with Crippen LogP contribution in [-0.4, -0.2) is 33.0 Å². The van der Waals surface area contributed by atoms with Crippen LogP contribution in [0, 0.1) is 10.1 Å². The highest BCUT2D eigenvalue weighted by Gasteiger charge is 2.29. The van der Waals surface area contributed by atoms with Gasteiger partial charge in [0.15, 0.2) is 0 Å². The van der Waals surface area contributed by atoms with Crippen molar-refractivity contribution in [3.05, 3.63) is 107 Å². The molecule has 0 aliphatic heterocycles. The maximum absolute atomic E-state index is 12.2. The number of nitro groups is 1. The number of nitrogens with zero attached hydrogens (tertiary/aromatic N) is 5. The summed E-state index contributed by atoms with van der Waals surface area (Å²) >= 11 is 0. The standard InChI is InChI=1S/C24H20N6O4/c1-34-24(31)18-11-5-6-12-19(18)28-22-21(30(32)33)23(27-16-26-22)29(20-13-7-8-14-25-20)15-17-9-3-2-4-10-17/h2-14,16H,15H2,1H3,(H,26,27,28). The number of anilines is 4. The average Bonchev–Trinajstić information content (AvgIpc) is 2.88. The predicted molar refractivity (Wildman–Crippen MR) is 126 cm³/mol. The summed E-state index contributed by atoms with van der Waals surface area (Å²) in [5.41, 5.74) is 1.08. The molecule has 0 radical (unpaired) electrons. The normalized spacial score (nSPS) is 10.4. The van der Waals surface area contributed by atoms with Crippen molar-refractivity contribution in [1.82, 2.24) is 15.0 Å². The van der Waals surface area contributed by atoms with E-state index in [4.69, 9.17) is 4.74 Å². The molecular formula is C24H20N6O4. The molecule has 0 atom stereocenters. The molecule has 34 heavy (non-hydrogen) atoms. The van der Waals surface area contributed by atoms with Gasteiger partial charge in [-0.25, -0.2) is 19.7 Å². The van der Waals surface area contributed by atoms with E-state index in [0.717, 1.165) is 5.56 Å². The number of aromatic nitrogens is 3. The fraction of sp³-hybridized carbons (Fsp3) is 0.0833. The third-order valence-electron chi connectivity index (χ3n) is 4.94. The molecule has 0 saturated heterocycles. The Bertz CT molecular complexity index is 1300. The average molecular weight is 456 g/mol. The molecule has 0 amide bonds. The number of nitrogens with one attached hydrogen (secondary N) is 1. The van der Waals surface area contributed by atoms with E-state index in [1.807, 2.05) is 30.3 Å². The Hall–Kier alpha value is -4.86. The van der Waals surface area contributed by atoms with Crippen LogP contribution in [0.25, 0.3) is 0 Å². The van der Waals surface area contributed by atoms with Crippen LogP contribution in [0.5, 0.6) is 0 Å². The lowest BCUT2D eigenvalue weighted by molar-refractivity contribution is -0.383. The predicted octanol–water partition coefficient (Wildman–Crippen LogP) is 4.65. The Morgan fingerprint density at radius 1 is 1.00 bits per heavy atom. The summed E-state index contributed by atoms with van der Waals surface area (Å²) in [6.45, 7) is 0.286. The van der Waals surface area contributed by atoms with Gasteiger partial charge in [0.1, 0.15) is 12.1 Å². The van der Waals surface area contributed by atoms with Crippen molar-refractivity contribution < 1.29 is 14.5 Å². The first-order valence-corrected chi connectivity index (χ1v) is 10.2. The molecule has 1 N–H and O–H groups in total. The van der Waals surface area contributed by atoms with Crippen molar-refractivity contribution in [2.24, 2.45) is 0 Å². The van der Waals surface area contributed by atoms with Gasteiger partial charge in [-0.1, -0.05) is 48.5 Å². The second-order valence-electron chi connectivity index (χ2n) is 7.07. The zero-order valence-electron chi connectivity index (χ0n) is 18.2. The maximum Gasteiger partial charge on any atom is 0.354 e. The minimum Gasteiger partial charge on any atom is -0.465 e. The van der Waals surface area contributed by atoms with Gasteiger partial charge in [-0.3, -0.25) is 10.1 Å². The summed E-state index contributed by atoms with van der Waals surface area (Å²) < 4.78 is 4.82. The summed E-state index contributed by atoms with van der Waals surface area (Å²) in [5, 5.41) is 15.2. The number of hydrogen-bond acceptors (Lipinski definition) is 9. The Morgan fingerprint density at radius 2 is 1.74 bits per heavy atom. The van der Waals surface area contributed by atoms with E-state index >= 15 is 0 Å². The highest BCUT2D eigenvalue weighted by Crippen LogP contribution is 2.37. The summed E-state index contributed by atoms with van der Waals surface area (Å²) in [6, 6.07) is 21.3. The van der Waals surface area contributed by atoms with Gasteiger partial charge >= 0.3 is 11.7 Å². The van der Waals surface area contributed by atoms with Crippen LogP contribution < -0.4 is 10.2 Å². The number of para-hydroxylation sites is 1. The number of benzene rings is 2. The summed E-state index contributed by atoms with van der Waals surface area (Å²) in [5.74, 6) is -0.116. The van der Waals surface area contributed by atoms with Gasteiger partial charge < -0.3 is 15.0 Å². The minimum atomic E-state index is -0.584. The third kappa shape index (κ3) is 4.80. The number of methoxy groups -OCH3 is 1. The van der Waals surface area contributed by atoms with Crippen molar-refractivity contribution in [2.75, 3.05) is 17.3 Å². The minimum absolute atomic E-state index is 0.0561. The van der Waals surface area contributed by atoms with Crippen LogP contribution in [0.1, 0.15) is 15.9 Å². The quantitative estimate of drug-likeness (QED) is 0.229. The van der Waals surface area contributed by atoms with Crippen LogP contribution in [0.4, 0.5) is 28.8 Å². The Morgan fingerprint density at radius 3 is 2.44 bits per heavy atom. The number of hydrogen-bond donors (Lipinski definition) is 1. The van der Waals surface area contributed by atoms with E-state index in [9.17, 15) is 14.9 Å². The highest BCUT2D eigenvalue weighted by atomic mass is 16.6. The number of carbonyl (C=O) groups excluding carboxylic acids is 1. The third-order valence-corrected chi connectivity index (χ3v) is 4.94. The molecule has 0 spiro atoms. The molecule has 2 heterocycles. The van der Waals surface area contributed by atoms with Gasteiger partial charge in [0.25, 0.3) is 0 Å². The number of rotatable bonds is 8. The molecule has 0 aliphatic carbocycles. The van der Waals surface area contributed by atoms with E-state index in [1.165, 1.54) is 13.4 Å². The van der Waals surface area contributed by atoms with Gasteiger partial charge in [0.2, 0.25) is 11.6 Å². The van der Waals surface area contributed by atoms with Crippen LogP contribution in [0.2, 0.25) is 0 Å². The molecule has 4 rings (SSSR count). The first-order chi connectivity index (χ1) is 16.6. The first-order valence-electron chi connectivity index (χ1n) is 10.2. The van der Waals surface area contributed by atoms with Crippen LogP contribution in [0.15, 0.2) is 85.3 Å². The maximum atomic E-state index is 12.2. The van der Waals surface area contributed by atoms with E-state index in [-0.39, 0.29) is 29.4 Å². The second kappa shape index (κ2) is 10.2. The largest absolute Gasteiger partial charge is 0.465 e.